The summed E-state index contributed by atoms with van der Waals surface area (Å²) in [4.78, 5) is 8.14. The zero-order valence-corrected chi connectivity index (χ0v) is 15.2. The van der Waals surface area contributed by atoms with Gasteiger partial charge in [-0.05, 0) is 53.2 Å². The number of hydrogen-bond donors (Lipinski definition) is 1. The molecule has 1 fully saturated rings. The van der Waals surface area contributed by atoms with Gasteiger partial charge in [-0.1, -0.05) is 30.3 Å². The third kappa shape index (κ3) is 2.95. The molecule has 0 saturated heterocycles. The second kappa shape index (κ2) is 6.60. The topological polar surface area (TPSA) is 27.6 Å². The molecule has 126 valence electrons. The first-order chi connectivity index (χ1) is 11.8. The van der Waals surface area contributed by atoms with Crippen molar-refractivity contribution in [1.82, 2.24) is 10.2 Å². The third-order valence-electron chi connectivity index (χ3n) is 5.54. The van der Waals surface area contributed by atoms with Gasteiger partial charge in [-0.15, -0.1) is 11.3 Å². The first kappa shape index (κ1) is 15.7. The van der Waals surface area contributed by atoms with Crippen LogP contribution in [0.2, 0.25) is 0 Å². The van der Waals surface area contributed by atoms with Gasteiger partial charge in [0.05, 0.1) is 0 Å². The first-order valence-electron chi connectivity index (χ1n) is 8.80. The van der Waals surface area contributed by atoms with E-state index >= 15 is 0 Å². The van der Waals surface area contributed by atoms with E-state index in [1.807, 2.05) is 18.4 Å². The van der Waals surface area contributed by atoms with Gasteiger partial charge in [0.1, 0.15) is 0 Å². The van der Waals surface area contributed by atoms with Crippen molar-refractivity contribution >= 4 is 17.3 Å². The average molecular weight is 340 g/mol. The van der Waals surface area contributed by atoms with Crippen LogP contribution in [0, 0.1) is 11.8 Å². The standard InChI is InChI=1S/C20H25N3S/c1-21-20(23(2)10-9-15-7-5-11-24-15)22-13-18-17-12-14-6-3-4-8-16(14)19(17)18/h3-8,11,17-19H,9-10,12-13H2,1-2H3,(H,21,22). The minimum atomic E-state index is 0.780. The van der Waals surface area contributed by atoms with E-state index in [1.54, 1.807) is 11.1 Å². The Kier molecular flexibility index (Phi) is 4.31. The van der Waals surface area contributed by atoms with Crippen LogP contribution in [0.25, 0.3) is 0 Å². The van der Waals surface area contributed by atoms with Crippen LogP contribution in [-0.2, 0) is 12.8 Å². The molecule has 4 rings (SSSR count). The summed E-state index contributed by atoms with van der Waals surface area (Å²) in [5.41, 5.74) is 3.16. The molecule has 2 aromatic rings. The summed E-state index contributed by atoms with van der Waals surface area (Å²) in [6.07, 6.45) is 2.34. The number of hydrogen-bond acceptors (Lipinski definition) is 2. The molecule has 1 saturated carbocycles. The number of likely N-dealkylation sites (N-methyl/N-ethyl adjacent to an activating group) is 1. The van der Waals surface area contributed by atoms with E-state index in [9.17, 15) is 0 Å². The van der Waals surface area contributed by atoms with Crippen LogP contribution < -0.4 is 5.32 Å². The zero-order chi connectivity index (χ0) is 16.5. The number of guanidine groups is 1. The lowest BCUT2D eigenvalue weighted by molar-refractivity contribution is 0.481. The lowest BCUT2D eigenvalue weighted by Gasteiger charge is -2.22. The lowest BCUT2D eigenvalue weighted by atomic mass is 10.0. The second-order valence-corrected chi connectivity index (χ2v) is 7.97. The minimum absolute atomic E-state index is 0.780. The van der Waals surface area contributed by atoms with E-state index in [0.717, 1.165) is 43.2 Å². The molecule has 3 atom stereocenters. The Morgan fingerprint density at radius 2 is 2.17 bits per heavy atom. The predicted octanol–water partition coefficient (Wildman–Crippen LogP) is 3.38. The summed E-state index contributed by atoms with van der Waals surface area (Å²) in [6, 6.07) is 13.3. The van der Waals surface area contributed by atoms with Crippen molar-refractivity contribution in [3.8, 4) is 0 Å². The highest BCUT2D eigenvalue weighted by Crippen LogP contribution is 2.60. The van der Waals surface area contributed by atoms with Crippen molar-refractivity contribution in [3.63, 3.8) is 0 Å². The van der Waals surface area contributed by atoms with Crippen LogP contribution >= 0.6 is 11.3 Å². The Hall–Kier alpha value is -1.81. The van der Waals surface area contributed by atoms with Crippen molar-refractivity contribution in [2.45, 2.75) is 18.8 Å². The van der Waals surface area contributed by atoms with Gasteiger partial charge in [-0.2, -0.15) is 0 Å². The van der Waals surface area contributed by atoms with Crippen LogP contribution in [0.15, 0.2) is 46.8 Å². The Morgan fingerprint density at radius 3 is 2.96 bits per heavy atom. The molecular formula is C20H25N3S. The molecule has 1 aromatic carbocycles. The van der Waals surface area contributed by atoms with Gasteiger partial charge in [0, 0.05) is 32.1 Å². The zero-order valence-electron chi connectivity index (χ0n) is 14.4. The number of rotatable bonds is 5. The van der Waals surface area contributed by atoms with Crippen LogP contribution in [0.5, 0.6) is 0 Å². The Balaban J connectivity index is 1.28. The summed E-state index contributed by atoms with van der Waals surface area (Å²) in [5.74, 6) is 3.43. The monoisotopic (exact) mass is 339 g/mol. The summed E-state index contributed by atoms with van der Waals surface area (Å²) in [6.45, 7) is 2.04. The Morgan fingerprint density at radius 1 is 1.29 bits per heavy atom. The van der Waals surface area contributed by atoms with Gasteiger partial charge >= 0.3 is 0 Å². The predicted molar refractivity (Wildman–Crippen MR) is 102 cm³/mol. The van der Waals surface area contributed by atoms with Crippen LogP contribution in [0.1, 0.15) is 21.9 Å². The molecular weight excluding hydrogens is 314 g/mol. The van der Waals surface area contributed by atoms with Crippen molar-refractivity contribution in [1.29, 1.82) is 0 Å². The molecule has 0 radical (unpaired) electrons. The molecule has 4 heteroatoms. The van der Waals surface area contributed by atoms with Crippen LogP contribution in [0.3, 0.4) is 0 Å². The number of nitrogens with one attached hydrogen (secondary N) is 1. The molecule has 0 bridgehead atoms. The van der Waals surface area contributed by atoms with Crippen LogP contribution in [-0.4, -0.2) is 38.0 Å². The fourth-order valence-corrected chi connectivity index (χ4v) is 4.89. The van der Waals surface area contributed by atoms with Crippen molar-refractivity contribution in [2.75, 3.05) is 27.2 Å². The third-order valence-corrected chi connectivity index (χ3v) is 6.48. The van der Waals surface area contributed by atoms with Gasteiger partial charge in [0.15, 0.2) is 5.96 Å². The smallest absolute Gasteiger partial charge is 0.193 e. The largest absolute Gasteiger partial charge is 0.356 e. The molecule has 0 aliphatic heterocycles. The molecule has 2 aliphatic rings. The molecule has 1 aromatic heterocycles. The molecule has 0 amide bonds. The van der Waals surface area contributed by atoms with Gasteiger partial charge < -0.3 is 10.2 Å². The number of thiophene rings is 1. The lowest BCUT2D eigenvalue weighted by Crippen LogP contribution is -2.41. The number of fused-ring (bicyclic) bond motifs is 3. The quantitative estimate of drug-likeness (QED) is 0.668. The van der Waals surface area contributed by atoms with Gasteiger partial charge in [0.25, 0.3) is 0 Å². The highest BCUT2D eigenvalue weighted by atomic mass is 32.1. The minimum Gasteiger partial charge on any atom is -0.356 e. The number of aliphatic imine (C=N–C) groups is 1. The van der Waals surface area contributed by atoms with E-state index in [2.05, 4.69) is 64.0 Å². The maximum absolute atomic E-state index is 4.46. The summed E-state index contributed by atoms with van der Waals surface area (Å²) in [7, 11) is 4.01. The summed E-state index contributed by atoms with van der Waals surface area (Å²) in [5, 5.41) is 5.74. The number of nitrogens with zero attached hydrogens (tertiary/aromatic N) is 2. The van der Waals surface area contributed by atoms with E-state index in [-0.39, 0.29) is 0 Å². The van der Waals surface area contributed by atoms with E-state index < -0.39 is 0 Å². The normalized spacial score (nSPS) is 24.4. The molecule has 1 N–H and O–H groups in total. The van der Waals surface area contributed by atoms with Crippen LogP contribution in [0.4, 0.5) is 0 Å². The molecule has 1 heterocycles. The second-order valence-electron chi connectivity index (χ2n) is 6.94. The maximum atomic E-state index is 4.46. The first-order valence-corrected chi connectivity index (χ1v) is 9.68. The molecule has 2 aliphatic carbocycles. The van der Waals surface area contributed by atoms with E-state index in [0.29, 0.717) is 0 Å². The summed E-state index contributed by atoms with van der Waals surface area (Å²) >= 11 is 1.83. The van der Waals surface area contributed by atoms with Gasteiger partial charge in [-0.25, -0.2) is 0 Å². The molecule has 3 nitrogen and oxygen atoms in total. The fourth-order valence-electron chi connectivity index (χ4n) is 4.19. The maximum Gasteiger partial charge on any atom is 0.193 e. The van der Waals surface area contributed by atoms with E-state index in [4.69, 9.17) is 0 Å². The van der Waals surface area contributed by atoms with Crippen molar-refractivity contribution in [2.24, 2.45) is 16.8 Å². The number of benzene rings is 1. The fraction of sp³-hybridized carbons (Fsp3) is 0.450. The van der Waals surface area contributed by atoms with Gasteiger partial charge in [0.2, 0.25) is 0 Å². The average Bonchev–Trinajstić information content (AvgIpc) is 2.97. The van der Waals surface area contributed by atoms with E-state index in [1.165, 1.54) is 11.3 Å². The highest BCUT2D eigenvalue weighted by molar-refractivity contribution is 7.09. The highest BCUT2D eigenvalue weighted by Gasteiger charge is 2.54. The van der Waals surface area contributed by atoms with Crippen molar-refractivity contribution < 1.29 is 0 Å². The molecule has 3 unspecified atom stereocenters. The SMILES string of the molecule is CN=C(NCC1C2Cc3ccccc3C12)N(C)CCc1cccs1. The van der Waals surface area contributed by atoms with Gasteiger partial charge in [-0.3, -0.25) is 4.99 Å². The molecule has 24 heavy (non-hydrogen) atoms. The van der Waals surface area contributed by atoms with Crippen molar-refractivity contribution in [3.05, 3.63) is 57.8 Å². The Labute approximate surface area is 148 Å². The Bertz CT molecular complexity index is 722. The molecule has 0 spiro atoms. The summed E-state index contributed by atoms with van der Waals surface area (Å²) < 4.78 is 0.